The van der Waals surface area contributed by atoms with Gasteiger partial charge < -0.3 is 32.9 Å². The van der Waals surface area contributed by atoms with E-state index < -0.39 is 35.9 Å². The van der Waals surface area contributed by atoms with Gasteiger partial charge in [0.2, 0.25) is 11.8 Å². The molecule has 9 N–H and O–H groups in total. The second-order valence-electron chi connectivity index (χ2n) is 7.37. The number of aliphatic imine (C=N–C) groups is 1. The van der Waals surface area contributed by atoms with Crippen molar-refractivity contribution in [2.45, 2.75) is 51.2 Å². The molecule has 0 saturated carbocycles. The number of carbonyl (C=O) groups is 3. The monoisotopic (exact) mass is 420 g/mol. The zero-order valence-corrected chi connectivity index (χ0v) is 17.4. The van der Waals surface area contributed by atoms with E-state index in [0.717, 1.165) is 5.56 Å². The molecule has 0 aliphatic carbocycles. The molecule has 0 bridgehead atoms. The van der Waals surface area contributed by atoms with Crippen molar-refractivity contribution in [3.05, 3.63) is 35.9 Å². The van der Waals surface area contributed by atoms with Gasteiger partial charge >= 0.3 is 5.97 Å². The fourth-order valence-corrected chi connectivity index (χ4v) is 2.66. The van der Waals surface area contributed by atoms with Crippen LogP contribution in [0.4, 0.5) is 0 Å². The maximum atomic E-state index is 12.8. The molecule has 30 heavy (non-hydrogen) atoms. The van der Waals surface area contributed by atoms with E-state index in [4.69, 9.17) is 17.2 Å². The van der Waals surface area contributed by atoms with Crippen LogP contribution in [-0.2, 0) is 20.8 Å². The first-order valence-corrected chi connectivity index (χ1v) is 9.80. The van der Waals surface area contributed by atoms with Gasteiger partial charge in [0.25, 0.3) is 0 Å². The van der Waals surface area contributed by atoms with Crippen LogP contribution in [0.2, 0.25) is 0 Å². The first-order chi connectivity index (χ1) is 14.1. The lowest BCUT2D eigenvalue weighted by Crippen LogP contribution is -2.56. The Hall–Kier alpha value is -3.14. The highest BCUT2D eigenvalue weighted by Crippen LogP contribution is 2.07. The van der Waals surface area contributed by atoms with Crippen molar-refractivity contribution in [3.63, 3.8) is 0 Å². The highest BCUT2D eigenvalue weighted by Gasteiger charge is 2.28. The summed E-state index contributed by atoms with van der Waals surface area (Å²) >= 11 is 0. The van der Waals surface area contributed by atoms with Crippen LogP contribution in [0, 0.1) is 5.92 Å². The first kappa shape index (κ1) is 24.9. The number of guanidine groups is 1. The fraction of sp³-hybridized carbons (Fsp3) is 0.500. The topological polar surface area (TPSA) is 186 Å². The second kappa shape index (κ2) is 12.4. The van der Waals surface area contributed by atoms with Crippen molar-refractivity contribution >= 4 is 23.7 Å². The van der Waals surface area contributed by atoms with Crippen LogP contribution in [-0.4, -0.2) is 53.5 Å². The number of rotatable bonds is 12. The molecule has 0 fully saturated rings. The molecular weight excluding hydrogens is 388 g/mol. The Morgan fingerprint density at radius 3 is 2.17 bits per heavy atom. The zero-order chi connectivity index (χ0) is 22.7. The third-order valence-corrected chi connectivity index (χ3v) is 4.50. The van der Waals surface area contributed by atoms with Crippen molar-refractivity contribution in [2.75, 3.05) is 6.54 Å². The van der Waals surface area contributed by atoms with Crippen LogP contribution in [0.3, 0.4) is 0 Å². The van der Waals surface area contributed by atoms with Crippen LogP contribution < -0.4 is 27.8 Å². The Kier molecular flexibility index (Phi) is 10.3. The van der Waals surface area contributed by atoms with E-state index in [-0.39, 0.29) is 31.3 Å². The van der Waals surface area contributed by atoms with E-state index in [1.54, 1.807) is 13.8 Å². The van der Waals surface area contributed by atoms with E-state index in [0.29, 0.717) is 6.42 Å². The smallest absolute Gasteiger partial charge is 0.326 e. The standard InChI is InChI=1S/C20H32N6O4/c1-12(2)16(21)18(28)26-15(11-13-7-4-3-5-8-13)17(27)25-14(19(29)30)9-6-10-24-20(22)23/h3-5,7-8,12,14-16H,6,9-11,21H2,1-2H3,(H,25,27)(H,26,28)(H,29,30)(H4,22,23,24). The molecule has 0 saturated heterocycles. The molecule has 0 aliphatic rings. The van der Waals surface area contributed by atoms with Gasteiger partial charge in [-0.25, -0.2) is 4.79 Å². The maximum absolute atomic E-state index is 12.8. The van der Waals surface area contributed by atoms with Crippen molar-refractivity contribution in [1.29, 1.82) is 0 Å². The molecule has 2 amide bonds. The molecule has 0 aromatic heterocycles. The van der Waals surface area contributed by atoms with E-state index in [9.17, 15) is 19.5 Å². The maximum Gasteiger partial charge on any atom is 0.326 e. The normalized spacial score (nSPS) is 13.7. The van der Waals surface area contributed by atoms with Gasteiger partial charge in [-0.3, -0.25) is 14.6 Å². The molecule has 10 nitrogen and oxygen atoms in total. The number of nitrogens with zero attached hydrogens (tertiary/aromatic N) is 1. The number of benzene rings is 1. The zero-order valence-electron chi connectivity index (χ0n) is 17.4. The van der Waals surface area contributed by atoms with E-state index in [1.165, 1.54) is 0 Å². The van der Waals surface area contributed by atoms with Gasteiger partial charge in [0.05, 0.1) is 6.04 Å². The largest absolute Gasteiger partial charge is 0.480 e. The van der Waals surface area contributed by atoms with Crippen molar-refractivity contribution in [1.82, 2.24) is 10.6 Å². The van der Waals surface area contributed by atoms with Crippen LogP contribution in [0.5, 0.6) is 0 Å². The summed E-state index contributed by atoms with van der Waals surface area (Å²) in [5.41, 5.74) is 17.2. The molecule has 0 radical (unpaired) electrons. The number of aliphatic carboxylic acids is 1. The number of hydrogen-bond donors (Lipinski definition) is 6. The molecule has 10 heteroatoms. The first-order valence-electron chi connectivity index (χ1n) is 9.80. The van der Waals surface area contributed by atoms with E-state index in [1.807, 2.05) is 30.3 Å². The molecule has 166 valence electrons. The van der Waals surface area contributed by atoms with Gasteiger partial charge in [0, 0.05) is 13.0 Å². The van der Waals surface area contributed by atoms with Crippen LogP contribution in [0.15, 0.2) is 35.3 Å². The number of hydrogen-bond acceptors (Lipinski definition) is 5. The number of nitrogens with one attached hydrogen (secondary N) is 2. The molecule has 1 aromatic carbocycles. The summed E-state index contributed by atoms with van der Waals surface area (Å²) in [4.78, 5) is 40.6. The van der Waals surface area contributed by atoms with Gasteiger partial charge in [0.1, 0.15) is 12.1 Å². The number of amides is 2. The lowest BCUT2D eigenvalue weighted by Gasteiger charge is -2.24. The van der Waals surface area contributed by atoms with Gasteiger partial charge in [-0.2, -0.15) is 0 Å². The summed E-state index contributed by atoms with van der Waals surface area (Å²) in [7, 11) is 0. The summed E-state index contributed by atoms with van der Waals surface area (Å²) in [5, 5.41) is 14.6. The Bertz CT molecular complexity index is 734. The van der Waals surface area contributed by atoms with Gasteiger partial charge in [-0.15, -0.1) is 0 Å². The van der Waals surface area contributed by atoms with Gasteiger partial charge in [-0.1, -0.05) is 44.2 Å². The fourth-order valence-electron chi connectivity index (χ4n) is 2.66. The number of nitrogens with two attached hydrogens (primary N) is 3. The highest BCUT2D eigenvalue weighted by molar-refractivity contribution is 5.92. The second-order valence-corrected chi connectivity index (χ2v) is 7.37. The average Bonchev–Trinajstić information content (AvgIpc) is 2.69. The Labute approximate surface area is 176 Å². The predicted octanol–water partition coefficient (Wildman–Crippen LogP) is -0.680. The minimum absolute atomic E-state index is 0.0851. The predicted molar refractivity (Wildman–Crippen MR) is 114 cm³/mol. The summed E-state index contributed by atoms with van der Waals surface area (Å²) in [6.07, 6.45) is 0.696. The van der Waals surface area contributed by atoms with Gasteiger partial charge in [0.15, 0.2) is 5.96 Å². The number of carboxylic acid groups (broad SMARTS) is 1. The SMILES string of the molecule is CC(C)C(N)C(=O)NC(Cc1ccccc1)C(=O)NC(CCCN=C(N)N)C(=O)O. The quantitative estimate of drug-likeness (QED) is 0.147. The van der Waals surface area contributed by atoms with Crippen LogP contribution >= 0.6 is 0 Å². The summed E-state index contributed by atoms with van der Waals surface area (Å²) < 4.78 is 0. The third kappa shape index (κ3) is 8.91. The summed E-state index contributed by atoms with van der Waals surface area (Å²) in [6.45, 7) is 3.84. The minimum Gasteiger partial charge on any atom is -0.480 e. The Morgan fingerprint density at radius 2 is 1.63 bits per heavy atom. The molecule has 3 unspecified atom stereocenters. The average molecular weight is 421 g/mol. The molecular formula is C20H32N6O4. The Balaban J connectivity index is 2.88. The highest BCUT2D eigenvalue weighted by atomic mass is 16.4. The van der Waals surface area contributed by atoms with E-state index >= 15 is 0 Å². The number of carboxylic acids is 1. The van der Waals surface area contributed by atoms with E-state index in [2.05, 4.69) is 15.6 Å². The van der Waals surface area contributed by atoms with Crippen LogP contribution in [0.25, 0.3) is 0 Å². The lowest BCUT2D eigenvalue weighted by atomic mass is 10.0. The molecule has 1 aromatic rings. The van der Waals surface area contributed by atoms with Crippen molar-refractivity contribution < 1.29 is 19.5 Å². The molecule has 0 aliphatic heterocycles. The Morgan fingerprint density at radius 1 is 1.03 bits per heavy atom. The summed E-state index contributed by atoms with van der Waals surface area (Å²) in [5.74, 6) is -2.46. The molecule has 1 rings (SSSR count). The lowest BCUT2D eigenvalue weighted by molar-refractivity contribution is -0.142. The third-order valence-electron chi connectivity index (χ3n) is 4.50. The molecule has 0 spiro atoms. The number of carbonyl (C=O) groups excluding carboxylic acids is 2. The van der Waals surface area contributed by atoms with Crippen molar-refractivity contribution in [3.8, 4) is 0 Å². The van der Waals surface area contributed by atoms with Gasteiger partial charge in [-0.05, 0) is 24.3 Å². The summed E-state index contributed by atoms with van der Waals surface area (Å²) in [6, 6.07) is 6.21. The van der Waals surface area contributed by atoms with Crippen LogP contribution in [0.1, 0.15) is 32.3 Å². The molecule has 0 heterocycles. The van der Waals surface area contributed by atoms with Crippen molar-refractivity contribution in [2.24, 2.45) is 28.1 Å². The minimum atomic E-state index is -1.18. The molecule has 3 atom stereocenters.